The van der Waals surface area contributed by atoms with E-state index in [0.29, 0.717) is 6.42 Å². The zero-order chi connectivity index (χ0) is 24.4. The van der Waals surface area contributed by atoms with E-state index in [1.807, 2.05) is 11.8 Å². The molecule has 0 aliphatic carbocycles. The van der Waals surface area contributed by atoms with Crippen molar-refractivity contribution in [2.75, 3.05) is 19.7 Å². The lowest BCUT2D eigenvalue weighted by Gasteiger charge is -2.23. The SMILES string of the molecule is CCCCCCCCCCCCN(CCCCCCCCCCCC)C(=O)OCC(O)CC. The number of rotatable bonds is 25. The van der Waals surface area contributed by atoms with Gasteiger partial charge in [0.15, 0.2) is 0 Å². The number of amides is 1. The van der Waals surface area contributed by atoms with Gasteiger partial charge >= 0.3 is 6.09 Å². The van der Waals surface area contributed by atoms with Crippen LogP contribution in [-0.2, 0) is 4.74 Å². The van der Waals surface area contributed by atoms with Crippen LogP contribution in [0.2, 0.25) is 0 Å². The van der Waals surface area contributed by atoms with E-state index in [4.69, 9.17) is 4.74 Å². The molecule has 1 amide bonds. The fourth-order valence-electron chi connectivity index (χ4n) is 4.25. The van der Waals surface area contributed by atoms with Gasteiger partial charge in [0.1, 0.15) is 6.61 Å². The van der Waals surface area contributed by atoms with Crippen molar-refractivity contribution in [2.24, 2.45) is 0 Å². The van der Waals surface area contributed by atoms with Crippen LogP contribution in [0, 0.1) is 0 Å². The molecular formula is C29H59NO3. The fourth-order valence-corrected chi connectivity index (χ4v) is 4.25. The van der Waals surface area contributed by atoms with Gasteiger partial charge in [-0.2, -0.15) is 0 Å². The van der Waals surface area contributed by atoms with Gasteiger partial charge in [-0.3, -0.25) is 0 Å². The van der Waals surface area contributed by atoms with Crippen molar-refractivity contribution in [1.82, 2.24) is 4.90 Å². The molecule has 0 spiro atoms. The average Bonchev–Trinajstić information content (AvgIpc) is 2.83. The predicted molar refractivity (Wildman–Crippen MR) is 143 cm³/mol. The molecule has 0 radical (unpaired) electrons. The number of unbranched alkanes of at least 4 members (excludes halogenated alkanes) is 18. The minimum atomic E-state index is -0.551. The first-order valence-electron chi connectivity index (χ1n) is 14.7. The Morgan fingerprint density at radius 2 is 0.939 bits per heavy atom. The topological polar surface area (TPSA) is 49.8 Å². The third-order valence-corrected chi connectivity index (χ3v) is 6.69. The third-order valence-electron chi connectivity index (χ3n) is 6.69. The van der Waals surface area contributed by atoms with Gasteiger partial charge in [-0.05, 0) is 19.3 Å². The highest BCUT2D eigenvalue weighted by Crippen LogP contribution is 2.13. The van der Waals surface area contributed by atoms with Gasteiger partial charge in [-0.25, -0.2) is 4.79 Å². The normalized spacial score (nSPS) is 12.1. The molecule has 4 heteroatoms. The van der Waals surface area contributed by atoms with E-state index in [9.17, 15) is 9.90 Å². The lowest BCUT2D eigenvalue weighted by atomic mass is 10.1. The number of hydrogen-bond acceptors (Lipinski definition) is 3. The third kappa shape index (κ3) is 22.8. The summed E-state index contributed by atoms with van der Waals surface area (Å²) in [6, 6.07) is 0. The summed E-state index contributed by atoms with van der Waals surface area (Å²) in [6.07, 6.45) is 25.8. The Labute approximate surface area is 207 Å². The number of carbonyl (C=O) groups is 1. The lowest BCUT2D eigenvalue weighted by Crippen LogP contribution is -2.35. The van der Waals surface area contributed by atoms with Gasteiger partial charge < -0.3 is 14.7 Å². The number of nitrogens with zero attached hydrogens (tertiary/aromatic N) is 1. The maximum atomic E-state index is 12.5. The molecule has 0 saturated carbocycles. The smallest absolute Gasteiger partial charge is 0.409 e. The summed E-state index contributed by atoms with van der Waals surface area (Å²) in [7, 11) is 0. The van der Waals surface area contributed by atoms with Crippen LogP contribution in [0.1, 0.15) is 156 Å². The summed E-state index contributed by atoms with van der Waals surface area (Å²) >= 11 is 0. The second-order valence-electron chi connectivity index (χ2n) is 9.99. The van der Waals surface area contributed by atoms with Crippen molar-refractivity contribution < 1.29 is 14.6 Å². The highest BCUT2D eigenvalue weighted by Gasteiger charge is 2.15. The van der Waals surface area contributed by atoms with E-state index >= 15 is 0 Å². The predicted octanol–water partition coefficient (Wildman–Crippen LogP) is 9.04. The number of aliphatic hydroxyl groups excluding tert-OH is 1. The van der Waals surface area contributed by atoms with E-state index in [-0.39, 0.29) is 12.7 Å². The Morgan fingerprint density at radius 3 is 1.27 bits per heavy atom. The molecule has 0 rings (SSSR count). The summed E-state index contributed by atoms with van der Waals surface area (Å²) in [5.74, 6) is 0. The van der Waals surface area contributed by atoms with Crippen molar-refractivity contribution in [3.63, 3.8) is 0 Å². The largest absolute Gasteiger partial charge is 0.447 e. The monoisotopic (exact) mass is 469 g/mol. The Balaban J connectivity index is 3.98. The van der Waals surface area contributed by atoms with Gasteiger partial charge in [0, 0.05) is 13.1 Å². The van der Waals surface area contributed by atoms with E-state index in [1.54, 1.807) is 0 Å². The zero-order valence-electron chi connectivity index (χ0n) is 22.8. The molecule has 0 aromatic rings. The van der Waals surface area contributed by atoms with Crippen LogP contribution in [0.3, 0.4) is 0 Å². The summed E-state index contributed by atoms with van der Waals surface area (Å²) < 4.78 is 5.38. The Bertz CT molecular complexity index is 378. The zero-order valence-corrected chi connectivity index (χ0v) is 22.8. The Hall–Kier alpha value is -0.770. The van der Waals surface area contributed by atoms with Crippen LogP contribution in [0.5, 0.6) is 0 Å². The minimum Gasteiger partial charge on any atom is -0.447 e. The first-order valence-corrected chi connectivity index (χ1v) is 14.7. The Kier molecular flexibility index (Phi) is 25.2. The molecule has 198 valence electrons. The molecule has 1 N–H and O–H groups in total. The lowest BCUT2D eigenvalue weighted by molar-refractivity contribution is 0.0456. The standard InChI is InChI=1S/C29H59NO3/c1-4-7-9-11-13-15-17-19-21-23-25-30(29(32)33-27-28(31)6-3)26-24-22-20-18-16-14-12-10-8-5-2/h28,31H,4-27H2,1-3H3. The van der Waals surface area contributed by atoms with Crippen LogP contribution in [0.15, 0.2) is 0 Å². The van der Waals surface area contributed by atoms with Gasteiger partial charge in [-0.1, -0.05) is 136 Å². The Morgan fingerprint density at radius 1 is 0.606 bits per heavy atom. The van der Waals surface area contributed by atoms with Crippen LogP contribution < -0.4 is 0 Å². The molecule has 0 fully saturated rings. The number of hydrogen-bond donors (Lipinski definition) is 1. The van der Waals surface area contributed by atoms with E-state index in [0.717, 1.165) is 25.9 Å². The number of aliphatic hydroxyl groups is 1. The maximum Gasteiger partial charge on any atom is 0.409 e. The molecule has 0 aromatic carbocycles. The average molecular weight is 470 g/mol. The molecule has 0 aliphatic rings. The molecule has 1 atom stereocenters. The summed E-state index contributed by atoms with van der Waals surface area (Å²) in [4.78, 5) is 14.4. The molecule has 0 aliphatic heterocycles. The van der Waals surface area contributed by atoms with Crippen molar-refractivity contribution in [3.05, 3.63) is 0 Å². The highest BCUT2D eigenvalue weighted by molar-refractivity contribution is 5.67. The quantitative estimate of drug-likeness (QED) is 0.136. The summed E-state index contributed by atoms with van der Waals surface area (Å²) in [5, 5.41) is 9.72. The van der Waals surface area contributed by atoms with Gasteiger partial charge in [0.2, 0.25) is 0 Å². The van der Waals surface area contributed by atoms with Crippen molar-refractivity contribution in [2.45, 2.75) is 162 Å². The second-order valence-corrected chi connectivity index (χ2v) is 9.99. The van der Waals surface area contributed by atoms with Crippen molar-refractivity contribution in [1.29, 1.82) is 0 Å². The first-order chi connectivity index (χ1) is 16.2. The maximum absolute atomic E-state index is 12.5. The van der Waals surface area contributed by atoms with E-state index in [1.165, 1.54) is 116 Å². The fraction of sp³-hybridized carbons (Fsp3) is 0.966. The van der Waals surface area contributed by atoms with Crippen LogP contribution in [0.25, 0.3) is 0 Å². The van der Waals surface area contributed by atoms with Gasteiger partial charge in [0.05, 0.1) is 6.10 Å². The van der Waals surface area contributed by atoms with Gasteiger partial charge in [0.25, 0.3) is 0 Å². The molecule has 4 nitrogen and oxygen atoms in total. The second kappa shape index (κ2) is 25.8. The van der Waals surface area contributed by atoms with Gasteiger partial charge in [-0.15, -0.1) is 0 Å². The van der Waals surface area contributed by atoms with Crippen LogP contribution in [-0.4, -0.2) is 41.9 Å². The molecule has 33 heavy (non-hydrogen) atoms. The molecule has 0 aromatic heterocycles. The molecule has 1 unspecified atom stereocenters. The van der Waals surface area contributed by atoms with Crippen molar-refractivity contribution >= 4 is 6.09 Å². The summed E-state index contributed by atoms with van der Waals surface area (Å²) in [5.41, 5.74) is 0. The van der Waals surface area contributed by atoms with Crippen LogP contribution >= 0.6 is 0 Å². The highest BCUT2D eigenvalue weighted by atomic mass is 16.6. The van der Waals surface area contributed by atoms with E-state index in [2.05, 4.69) is 13.8 Å². The first kappa shape index (κ1) is 32.2. The molecule has 0 saturated heterocycles. The molecular weight excluding hydrogens is 410 g/mol. The summed E-state index contributed by atoms with van der Waals surface area (Å²) in [6.45, 7) is 8.12. The van der Waals surface area contributed by atoms with E-state index < -0.39 is 6.10 Å². The molecule has 0 bridgehead atoms. The minimum absolute atomic E-state index is 0.113. The number of ether oxygens (including phenoxy) is 1. The molecule has 0 heterocycles. The van der Waals surface area contributed by atoms with Crippen molar-refractivity contribution in [3.8, 4) is 0 Å². The van der Waals surface area contributed by atoms with Crippen LogP contribution in [0.4, 0.5) is 4.79 Å². The number of carbonyl (C=O) groups excluding carboxylic acids is 1.